The predicted molar refractivity (Wildman–Crippen MR) is 147 cm³/mol. The molecule has 2 aromatic rings. The molecule has 15 heteroatoms. The highest BCUT2D eigenvalue weighted by Crippen LogP contribution is 2.22. The van der Waals surface area contributed by atoms with Crippen LogP contribution in [0.15, 0.2) is 35.0 Å². The van der Waals surface area contributed by atoms with Gasteiger partial charge in [0.1, 0.15) is 6.29 Å². The van der Waals surface area contributed by atoms with Crippen molar-refractivity contribution in [3.63, 3.8) is 0 Å². The monoisotopic (exact) mass is 578 g/mol. The van der Waals surface area contributed by atoms with Crippen molar-refractivity contribution in [1.29, 1.82) is 0 Å². The first-order valence-electron chi connectivity index (χ1n) is 12.7. The fraction of sp³-hybridized carbons (Fsp3) is 0.500. The summed E-state index contributed by atoms with van der Waals surface area (Å²) < 4.78 is 11.4. The van der Waals surface area contributed by atoms with Gasteiger partial charge in [-0.3, -0.25) is 14.4 Å². The van der Waals surface area contributed by atoms with Crippen LogP contribution in [-0.4, -0.2) is 77.6 Å². The Bertz CT molecular complexity index is 1060. The topological polar surface area (TPSA) is 171 Å². The minimum absolute atomic E-state index is 0.0626. The lowest BCUT2D eigenvalue weighted by molar-refractivity contribution is -0.143. The van der Waals surface area contributed by atoms with E-state index in [4.69, 9.17) is 9.31 Å². The van der Waals surface area contributed by atoms with Gasteiger partial charge in [0.05, 0.1) is 43.4 Å². The van der Waals surface area contributed by atoms with Crippen LogP contribution in [0.1, 0.15) is 48.3 Å². The largest absolute Gasteiger partial charge is 0.551 e. The molecule has 0 spiro atoms. The minimum Gasteiger partial charge on any atom is -0.508 e. The SMILES string of the molecule is O=CC[C@@H](O)CC[C@H](NC(=O)Cc1cccs1)B1OC(=O)C[C@H](CC[C@H](NC(=O)Cc2cccs2)B(O)O)O1. The summed E-state index contributed by atoms with van der Waals surface area (Å²) >= 11 is 2.85. The van der Waals surface area contributed by atoms with Gasteiger partial charge < -0.3 is 39.9 Å². The number of amides is 2. The molecular weight excluding hydrogens is 546 g/mol. The number of carbonyl (C=O) groups excluding carboxylic acids is 4. The maximum Gasteiger partial charge on any atom is 0.551 e. The van der Waals surface area contributed by atoms with Crippen LogP contribution in [0.3, 0.4) is 0 Å². The Hall–Kier alpha value is -2.55. The Morgan fingerprint density at radius 1 is 1.08 bits per heavy atom. The van der Waals surface area contributed by atoms with Gasteiger partial charge >= 0.3 is 14.2 Å². The van der Waals surface area contributed by atoms with Crippen molar-refractivity contribution in [1.82, 2.24) is 10.6 Å². The van der Waals surface area contributed by atoms with Gasteiger partial charge in [0, 0.05) is 16.2 Å². The van der Waals surface area contributed by atoms with Gasteiger partial charge in [0.15, 0.2) is 0 Å². The Morgan fingerprint density at radius 3 is 2.28 bits per heavy atom. The first kappa shape index (κ1) is 31.0. The minimum atomic E-state index is -1.81. The van der Waals surface area contributed by atoms with Crippen molar-refractivity contribution in [3.05, 3.63) is 44.8 Å². The molecule has 0 bridgehead atoms. The molecule has 210 valence electrons. The fourth-order valence-corrected chi connectivity index (χ4v) is 5.58. The molecule has 0 unspecified atom stereocenters. The number of aldehydes is 1. The average Bonchev–Trinajstić information content (AvgIpc) is 3.58. The van der Waals surface area contributed by atoms with E-state index in [1.54, 1.807) is 0 Å². The molecule has 1 aliphatic rings. The number of aliphatic hydroxyl groups excluding tert-OH is 1. The molecule has 0 radical (unpaired) electrons. The molecule has 5 N–H and O–H groups in total. The van der Waals surface area contributed by atoms with Crippen LogP contribution < -0.4 is 10.6 Å². The highest BCUT2D eigenvalue weighted by molar-refractivity contribution is 7.10. The van der Waals surface area contributed by atoms with Crippen molar-refractivity contribution in [2.45, 2.75) is 75.5 Å². The molecule has 1 fully saturated rings. The second kappa shape index (κ2) is 15.9. The summed E-state index contributed by atoms with van der Waals surface area (Å²) in [7, 11) is -2.95. The highest BCUT2D eigenvalue weighted by Gasteiger charge is 2.42. The zero-order valence-electron chi connectivity index (χ0n) is 21.3. The lowest BCUT2D eigenvalue weighted by Gasteiger charge is -2.32. The first-order chi connectivity index (χ1) is 18.7. The standard InChI is InChI=1S/C24H32B2N2O9S2/c29-10-9-16(30)5-7-21(28-23(32)15-19-4-2-12-39-19)26-36-17(13-24(33)37-26)6-8-20(25(34)35)27-22(31)14-18-3-1-11-38-18/h1-4,10-12,16-17,20-21,30,34-35H,5-9,13-15H2,(H,27,31)(H,28,32)/t16-,17-,20-,21-/m0/s1. The van der Waals surface area contributed by atoms with Gasteiger partial charge in [-0.15, -0.1) is 22.7 Å². The number of hydrogen-bond acceptors (Lipinski definition) is 11. The molecule has 3 rings (SSSR count). The zero-order chi connectivity index (χ0) is 28.2. The summed E-state index contributed by atoms with van der Waals surface area (Å²) in [4.78, 5) is 49.9. The Kier molecular flexibility index (Phi) is 12.6. The molecule has 2 amide bonds. The number of carbonyl (C=O) groups is 4. The first-order valence-corrected chi connectivity index (χ1v) is 14.5. The maximum absolute atomic E-state index is 12.7. The molecule has 1 saturated heterocycles. The van der Waals surface area contributed by atoms with E-state index in [2.05, 4.69) is 10.6 Å². The third-order valence-corrected chi connectivity index (χ3v) is 7.91. The molecule has 0 aliphatic carbocycles. The van der Waals surface area contributed by atoms with E-state index in [9.17, 15) is 34.3 Å². The second-order valence-electron chi connectivity index (χ2n) is 9.31. The highest BCUT2D eigenvalue weighted by atomic mass is 32.1. The van der Waals surface area contributed by atoms with E-state index in [-0.39, 0.29) is 63.2 Å². The maximum atomic E-state index is 12.7. The molecule has 2 aromatic heterocycles. The van der Waals surface area contributed by atoms with Crippen LogP contribution >= 0.6 is 22.7 Å². The molecule has 0 saturated carbocycles. The summed E-state index contributed by atoms with van der Waals surface area (Å²) in [6, 6.07) is 7.29. The molecular formula is C24H32B2N2O9S2. The Morgan fingerprint density at radius 2 is 1.72 bits per heavy atom. The van der Waals surface area contributed by atoms with Gasteiger partial charge in [-0.25, -0.2) is 0 Å². The number of thiophene rings is 2. The second-order valence-corrected chi connectivity index (χ2v) is 11.4. The van der Waals surface area contributed by atoms with Crippen LogP contribution in [0.4, 0.5) is 0 Å². The van der Waals surface area contributed by atoms with E-state index in [0.717, 1.165) is 9.75 Å². The predicted octanol–water partition coefficient (Wildman–Crippen LogP) is 0.446. The molecule has 1 aliphatic heterocycles. The van der Waals surface area contributed by atoms with Crippen LogP contribution in [0.5, 0.6) is 0 Å². The van der Waals surface area contributed by atoms with Crippen LogP contribution in [-0.2, 0) is 41.3 Å². The van der Waals surface area contributed by atoms with Crippen LogP contribution in [0.2, 0.25) is 0 Å². The Labute approximate surface area is 235 Å². The summed E-state index contributed by atoms with van der Waals surface area (Å²) in [5.41, 5.74) is 0. The van der Waals surface area contributed by atoms with Crippen molar-refractivity contribution in [2.75, 3.05) is 0 Å². The van der Waals surface area contributed by atoms with Crippen molar-refractivity contribution >= 4 is 61.0 Å². The van der Waals surface area contributed by atoms with Gasteiger partial charge in [0.2, 0.25) is 11.8 Å². The van der Waals surface area contributed by atoms with Crippen LogP contribution in [0, 0.1) is 0 Å². The van der Waals surface area contributed by atoms with Gasteiger partial charge in [-0.2, -0.15) is 0 Å². The van der Waals surface area contributed by atoms with Gasteiger partial charge in [-0.05, 0) is 48.6 Å². The quantitative estimate of drug-likeness (QED) is 0.140. The number of hydrogen-bond donors (Lipinski definition) is 5. The zero-order valence-corrected chi connectivity index (χ0v) is 22.9. The van der Waals surface area contributed by atoms with Gasteiger partial charge in [-0.1, -0.05) is 12.1 Å². The van der Waals surface area contributed by atoms with E-state index in [0.29, 0.717) is 6.29 Å². The van der Waals surface area contributed by atoms with Crippen LogP contribution in [0.25, 0.3) is 0 Å². The molecule has 11 nitrogen and oxygen atoms in total. The number of nitrogens with one attached hydrogen (secondary N) is 2. The Balaban J connectivity index is 1.60. The summed E-state index contributed by atoms with van der Waals surface area (Å²) in [6.07, 6.45) is -0.219. The molecule has 39 heavy (non-hydrogen) atoms. The van der Waals surface area contributed by atoms with Crippen molar-refractivity contribution < 1.29 is 43.6 Å². The van der Waals surface area contributed by atoms with E-state index < -0.39 is 44.3 Å². The third kappa shape index (κ3) is 10.9. The van der Waals surface area contributed by atoms with Crippen molar-refractivity contribution in [3.8, 4) is 0 Å². The normalized spacial score (nSPS) is 17.6. The average molecular weight is 578 g/mol. The number of rotatable bonds is 16. The molecule has 3 heterocycles. The van der Waals surface area contributed by atoms with E-state index in [1.807, 2.05) is 35.0 Å². The summed E-state index contributed by atoms with van der Waals surface area (Å²) in [6.45, 7) is 0. The fourth-order valence-electron chi connectivity index (χ4n) is 4.17. The smallest absolute Gasteiger partial charge is 0.508 e. The van der Waals surface area contributed by atoms with E-state index in [1.165, 1.54) is 22.7 Å². The van der Waals surface area contributed by atoms with Gasteiger partial charge in [0.25, 0.3) is 5.97 Å². The summed E-state index contributed by atoms with van der Waals surface area (Å²) in [5.74, 6) is -2.98. The lowest BCUT2D eigenvalue weighted by Crippen LogP contribution is -2.55. The molecule has 4 atom stereocenters. The number of aliphatic hydroxyl groups is 1. The van der Waals surface area contributed by atoms with E-state index >= 15 is 0 Å². The van der Waals surface area contributed by atoms with Crippen molar-refractivity contribution in [2.24, 2.45) is 0 Å². The summed E-state index contributed by atoms with van der Waals surface area (Å²) in [5, 5.41) is 38.7. The third-order valence-electron chi connectivity index (χ3n) is 6.16. The molecule has 0 aromatic carbocycles. The lowest BCUT2D eigenvalue weighted by atomic mass is 9.72.